The van der Waals surface area contributed by atoms with Crippen molar-refractivity contribution in [3.05, 3.63) is 69.8 Å². The normalized spacial score (nSPS) is 17.8. The molecule has 2 N–H and O–H groups in total. The summed E-state index contributed by atoms with van der Waals surface area (Å²) in [7, 11) is 0. The van der Waals surface area contributed by atoms with Gasteiger partial charge in [0.25, 0.3) is 5.91 Å². The van der Waals surface area contributed by atoms with E-state index in [1.54, 1.807) is 6.07 Å². The number of imide groups is 1. The molecule has 2 heterocycles. The topological polar surface area (TPSA) is 105 Å². The van der Waals surface area contributed by atoms with Crippen LogP contribution >= 0.6 is 0 Å². The van der Waals surface area contributed by atoms with Gasteiger partial charge in [0.05, 0.1) is 0 Å². The summed E-state index contributed by atoms with van der Waals surface area (Å²) >= 11 is 0. The summed E-state index contributed by atoms with van der Waals surface area (Å²) in [4.78, 5) is 50.0. The highest BCUT2D eigenvalue weighted by Gasteiger charge is 2.39. The van der Waals surface area contributed by atoms with Crippen LogP contribution in [0.25, 0.3) is 0 Å². The predicted octanol–water partition coefficient (Wildman–Crippen LogP) is 2.49. The molecule has 2 aliphatic rings. The van der Waals surface area contributed by atoms with Crippen LogP contribution in [-0.4, -0.2) is 34.8 Å². The summed E-state index contributed by atoms with van der Waals surface area (Å²) in [5.41, 5.74) is 5.25. The van der Waals surface area contributed by atoms with E-state index in [-0.39, 0.29) is 31.4 Å². The SMILES string of the molecule is Cc1ccc(COC(=O)NCc2ccc3c(c2)C(=O)N(C2CCC(=O)NC2=O)C3)c(C)c1. The Hall–Kier alpha value is -3.68. The molecule has 0 aliphatic carbocycles. The minimum Gasteiger partial charge on any atom is -0.445 e. The van der Waals surface area contributed by atoms with E-state index in [0.29, 0.717) is 18.5 Å². The summed E-state index contributed by atoms with van der Waals surface area (Å²) in [6, 6.07) is 10.7. The third-order valence-corrected chi connectivity index (χ3v) is 5.89. The van der Waals surface area contributed by atoms with Crippen molar-refractivity contribution in [2.45, 2.75) is 52.4 Å². The van der Waals surface area contributed by atoms with E-state index in [1.165, 1.54) is 4.90 Å². The fourth-order valence-electron chi connectivity index (χ4n) is 4.09. The maximum atomic E-state index is 12.9. The second-order valence-electron chi connectivity index (χ2n) is 8.25. The van der Waals surface area contributed by atoms with Crippen molar-refractivity contribution in [3.63, 3.8) is 0 Å². The monoisotopic (exact) mass is 435 g/mol. The molecule has 2 aliphatic heterocycles. The van der Waals surface area contributed by atoms with Gasteiger partial charge in [-0.05, 0) is 48.6 Å². The number of nitrogens with one attached hydrogen (secondary N) is 2. The molecule has 4 rings (SSSR count). The number of benzene rings is 2. The molecule has 4 amide bonds. The van der Waals surface area contributed by atoms with Crippen LogP contribution in [0.2, 0.25) is 0 Å². The van der Waals surface area contributed by atoms with Gasteiger partial charge in [-0.2, -0.15) is 0 Å². The van der Waals surface area contributed by atoms with Crippen molar-refractivity contribution in [2.24, 2.45) is 0 Å². The smallest absolute Gasteiger partial charge is 0.407 e. The fourth-order valence-corrected chi connectivity index (χ4v) is 4.09. The van der Waals surface area contributed by atoms with Gasteiger partial charge in [0.2, 0.25) is 11.8 Å². The van der Waals surface area contributed by atoms with Gasteiger partial charge in [0, 0.05) is 25.1 Å². The molecule has 166 valence electrons. The Bertz CT molecular complexity index is 1110. The number of amides is 4. The molecule has 32 heavy (non-hydrogen) atoms. The first-order valence-corrected chi connectivity index (χ1v) is 10.5. The standard InChI is InChI=1S/C24H25N3O5/c1-14-3-5-18(15(2)9-14)13-32-24(31)25-11-16-4-6-17-12-27(23(30)19(17)10-16)20-7-8-21(28)26-22(20)29/h3-6,9-10,20H,7-8,11-13H2,1-2H3,(H,25,31)(H,26,28,29). The summed E-state index contributed by atoms with van der Waals surface area (Å²) in [5.74, 6) is -0.988. The number of aryl methyl sites for hydroxylation is 2. The minimum atomic E-state index is -0.644. The number of ether oxygens (including phenoxy) is 1. The number of carbonyl (C=O) groups excluding carboxylic acids is 4. The van der Waals surface area contributed by atoms with Crippen LogP contribution in [0.15, 0.2) is 36.4 Å². The Labute approximate surface area is 185 Å². The molecule has 0 radical (unpaired) electrons. The first-order valence-electron chi connectivity index (χ1n) is 10.5. The Balaban J connectivity index is 1.34. The van der Waals surface area contributed by atoms with Crippen molar-refractivity contribution < 1.29 is 23.9 Å². The van der Waals surface area contributed by atoms with E-state index in [1.807, 2.05) is 44.2 Å². The van der Waals surface area contributed by atoms with Crippen LogP contribution in [0.5, 0.6) is 0 Å². The molecular weight excluding hydrogens is 410 g/mol. The highest BCUT2D eigenvalue weighted by atomic mass is 16.5. The van der Waals surface area contributed by atoms with Gasteiger partial charge in [0.15, 0.2) is 0 Å². The molecule has 1 unspecified atom stereocenters. The number of alkyl carbamates (subject to hydrolysis) is 1. The molecule has 0 aromatic heterocycles. The molecule has 0 bridgehead atoms. The van der Waals surface area contributed by atoms with Gasteiger partial charge < -0.3 is 15.0 Å². The maximum absolute atomic E-state index is 12.9. The van der Waals surface area contributed by atoms with Gasteiger partial charge in [-0.3, -0.25) is 19.7 Å². The van der Waals surface area contributed by atoms with Gasteiger partial charge in [-0.15, -0.1) is 0 Å². The van der Waals surface area contributed by atoms with E-state index in [9.17, 15) is 19.2 Å². The molecule has 0 spiro atoms. The van der Waals surface area contributed by atoms with Gasteiger partial charge in [-0.1, -0.05) is 35.9 Å². The van der Waals surface area contributed by atoms with Crippen molar-refractivity contribution in [2.75, 3.05) is 0 Å². The largest absolute Gasteiger partial charge is 0.445 e. The van der Waals surface area contributed by atoms with Crippen LogP contribution in [0.1, 0.15) is 51.0 Å². The second kappa shape index (κ2) is 8.82. The molecule has 2 aromatic carbocycles. The molecule has 1 saturated heterocycles. The zero-order valence-corrected chi connectivity index (χ0v) is 18.1. The number of hydrogen-bond acceptors (Lipinski definition) is 5. The Kier molecular flexibility index (Phi) is 5.94. The van der Waals surface area contributed by atoms with E-state index in [4.69, 9.17) is 4.74 Å². The lowest BCUT2D eigenvalue weighted by Crippen LogP contribution is -2.52. The average molecular weight is 435 g/mol. The van der Waals surface area contributed by atoms with Crippen LogP contribution in [0.4, 0.5) is 4.79 Å². The molecule has 0 saturated carbocycles. The van der Waals surface area contributed by atoms with E-state index < -0.39 is 18.0 Å². The average Bonchev–Trinajstić information content (AvgIpc) is 3.07. The Morgan fingerprint density at radius 3 is 2.72 bits per heavy atom. The molecule has 8 heteroatoms. The van der Waals surface area contributed by atoms with Crippen LogP contribution in [0.3, 0.4) is 0 Å². The number of hydrogen-bond donors (Lipinski definition) is 2. The van der Waals surface area contributed by atoms with Crippen molar-refractivity contribution in [3.8, 4) is 0 Å². The molecule has 1 fully saturated rings. The number of carbonyl (C=O) groups is 4. The number of piperidine rings is 1. The number of rotatable bonds is 5. The third-order valence-electron chi connectivity index (χ3n) is 5.89. The van der Waals surface area contributed by atoms with Crippen molar-refractivity contribution in [1.29, 1.82) is 0 Å². The first-order chi connectivity index (χ1) is 15.3. The zero-order valence-electron chi connectivity index (χ0n) is 18.1. The minimum absolute atomic E-state index is 0.182. The van der Waals surface area contributed by atoms with Gasteiger partial charge in [-0.25, -0.2) is 4.79 Å². The van der Waals surface area contributed by atoms with E-state index in [2.05, 4.69) is 10.6 Å². The molecular formula is C24H25N3O5. The van der Waals surface area contributed by atoms with Crippen molar-refractivity contribution in [1.82, 2.24) is 15.5 Å². The van der Waals surface area contributed by atoms with Gasteiger partial charge >= 0.3 is 6.09 Å². The highest BCUT2D eigenvalue weighted by molar-refractivity contribution is 6.05. The summed E-state index contributed by atoms with van der Waals surface area (Å²) < 4.78 is 5.30. The lowest BCUT2D eigenvalue weighted by Gasteiger charge is -2.29. The van der Waals surface area contributed by atoms with E-state index in [0.717, 1.165) is 27.8 Å². The molecule has 1 atom stereocenters. The summed E-state index contributed by atoms with van der Waals surface area (Å²) in [6.45, 7) is 4.71. The number of fused-ring (bicyclic) bond motifs is 1. The molecule has 2 aromatic rings. The number of nitrogens with zero attached hydrogens (tertiary/aromatic N) is 1. The van der Waals surface area contributed by atoms with Crippen LogP contribution < -0.4 is 10.6 Å². The fraction of sp³-hybridized carbons (Fsp3) is 0.333. The third kappa shape index (κ3) is 4.49. The van der Waals surface area contributed by atoms with Crippen molar-refractivity contribution >= 4 is 23.8 Å². The van der Waals surface area contributed by atoms with Crippen LogP contribution in [0, 0.1) is 13.8 Å². The Morgan fingerprint density at radius 1 is 1.16 bits per heavy atom. The zero-order chi connectivity index (χ0) is 22.8. The van der Waals surface area contributed by atoms with E-state index >= 15 is 0 Å². The summed E-state index contributed by atoms with van der Waals surface area (Å²) in [6.07, 6.45) is 0.00285. The maximum Gasteiger partial charge on any atom is 0.407 e. The second-order valence-corrected chi connectivity index (χ2v) is 8.25. The Morgan fingerprint density at radius 2 is 1.97 bits per heavy atom. The summed E-state index contributed by atoms with van der Waals surface area (Å²) in [5, 5.41) is 5.00. The first kappa shape index (κ1) is 21.5. The van der Waals surface area contributed by atoms with Gasteiger partial charge in [0.1, 0.15) is 12.6 Å². The lowest BCUT2D eigenvalue weighted by molar-refractivity contribution is -0.136. The lowest BCUT2D eigenvalue weighted by atomic mass is 10.0. The van der Waals surface area contributed by atoms with Crippen LogP contribution in [-0.2, 0) is 34.0 Å². The molecule has 8 nitrogen and oxygen atoms in total. The quantitative estimate of drug-likeness (QED) is 0.702. The predicted molar refractivity (Wildman–Crippen MR) is 115 cm³/mol. The highest BCUT2D eigenvalue weighted by Crippen LogP contribution is 2.28.